The minimum absolute atomic E-state index is 0.263. The summed E-state index contributed by atoms with van der Waals surface area (Å²) in [5.74, 6) is 4.93. The van der Waals surface area contributed by atoms with E-state index >= 15 is 0 Å². The van der Waals surface area contributed by atoms with Gasteiger partial charge in [0.25, 0.3) is 5.91 Å². The van der Waals surface area contributed by atoms with Gasteiger partial charge in [0.2, 0.25) is 5.13 Å². The summed E-state index contributed by atoms with van der Waals surface area (Å²) in [6, 6.07) is 12.0. The maximum atomic E-state index is 12.9. The summed E-state index contributed by atoms with van der Waals surface area (Å²) >= 11 is 1.21. The largest absolute Gasteiger partial charge is 0.274 e. The van der Waals surface area contributed by atoms with E-state index < -0.39 is 11.7 Å². The van der Waals surface area contributed by atoms with Crippen molar-refractivity contribution < 1.29 is 9.18 Å². The zero-order chi connectivity index (χ0) is 17.8. The van der Waals surface area contributed by atoms with Crippen molar-refractivity contribution in [1.29, 1.82) is 0 Å². The first-order valence-corrected chi connectivity index (χ1v) is 7.92. The number of carbonyl (C=O) groups excluding carboxylic acids is 1. The topological polar surface area (TPSA) is 108 Å². The summed E-state index contributed by atoms with van der Waals surface area (Å²) in [6.07, 6.45) is 0. The number of thiazole rings is 1. The van der Waals surface area contributed by atoms with Crippen LogP contribution in [0.15, 0.2) is 59.0 Å². The molecule has 3 aromatic rings. The van der Waals surface area contributed by atoms with Crippen LogP contribution in [-0.4, -0.2) is 10.9 Å². The highest BCUT2D eigenvalue weighted by molar-refractivity contribution is 7.14. The SMILES string of the molecule is [N-]=[N+]=Nc1ccc(-c2csc(N(N)C(=O)c3ccc(F)cc3)n2)cc1. The Balaban J connectivity index is 1.81. The molecule has 0 unspecified atom stereocenters. The third-order valence-electron chi connectivity index (χ3n) is 3.33. The second-order valence-corrected chi connectivity index (χ2v) is 5.77. The van der Waals surface area contributed by atoms with Crippen molar-refractivity contribution in [3.8, 4) is 11.3 Å². The van der Waals surface area contributed by atoms with Gasteiger partial charge in [0.15, 0.2) is 0 Å². The average Bonchev–Trinajstić information content (AvgIpc) is 3.12. The molecule has 1 aromatic heterocycles. The maximum absolute atomic E-state index is 12.9. The molecule has 9 heteroatoms. The summed E-state index contributed by atoms with van der Waals surface area (Å²) in [7, 11) is 0. The molecule has 0 fully saturated rings. The fourth-order valence-electron chi connectivity index (χ4n) is 2.08. The van der Waals surface area contributed by atoms with Gasteiger partial charge < -0.3 is 0 Å². The zero-order valence-corrected chi connectivity index (χ0v) is 13.5. The van der Waals surface area contributed by atoms with Crippen molar-refractivity contribution >= 4 is 28.1 Å². The standard InChI is InChI=1S/C16H11FN6OS/c17-12-5-1-11(2-6-12)15(24)23(19)16-20-14(9-25-16)10-3-7-13(8-4-10)21-22-18/h1-9H,19H2. The van der Waals surface area contributed by atoms with E-state index in [0.29, 0.717) is 16.5 Å². The summed E-state index contributed by atoms with van der Waals surface area (Å²) in [6.45, 7) is 0. The van der Waals surface area contributed by atoms with Crippen molar-refractivity contribution in [2.24, 2.45) is 11.0 Å². The zero-order valence-electron chi connectivity index (χ0n) is 12.7. The number of nitrogens with zero attached hydrogens (tertiary/aromatic N) is 5. The number of azide groups is 1. The lowest BCUT2D eigenvalue weighted by Gasteiger charge is -2.12. The van der Waals surface area contributed by atoms with Gasteiger partial charge in [-0.3, -0.25) is 4.79 Å². The van der Waals surface area contributed by atoms with Gasteiger partial charge in [0, 0.05) is 27.1 Å². The van der Waals surface area contributed by atoms with Crippen LogP contribution in [0.2, 0.25) is 0 Å². The normalized spacial score (nSPS) is 10.2. The van der Waals surface area contributed by atoms with Gasteiger partial charge in [-0.15, -0.1) is 11.3 Å². The lowest BCUT2D eigenvalue weighted by molar-refractivity contribution is 0.0987. The first-order valence-electron chi connectivity index (χ1n) is 7.04. The number of hydrazine groups is 1. The monoisotopic (exact) mass is 354 g/mol. The van der Waals surface area contributed by atoms with Crippen LogP contribution < -0.4 is 10.9 Å². The molecular weight excluding hydrogens is 343 g/mol. The van der Waals surface area contributed by atoms with Gasteiger partial charge in [0.05, 0.1) is 5.69 Å². The third-order valence-corrected chi connectivity index (χ3v) is 4.17. The second kappa shape index (κ2) is 7.10. The Morgan fingerprint density at radius 1 is 1.20 bits per heavy atom. The van der Waals surface area contributed by atoms with Gasteiger partial charge in [-0.25, -0.2) is 20.2 Å². The fraction of sp³-hybridized carbons (Fsp3) is 0. The number of amides is 1. The number of aromatic nitrogens is 1. The van der Waals surface area contributed by atoms with Gasteiger partial charge in [-0.05, 0) is 29.8 Å². The number of anilines is 1. The quantitative estimate of drug-likeness (QED) is 0.187. The molecule has 1 amide bonds. The second-order valence-electron chi connectivity index (χ2n) is 4.93. The highest BCUT2D eigenvalue weighted by Gasteiger charge is 2.18. The molecule has 1 heterocycles. The summed E-state index contributed by atoms with van der Waals surface area (Å²) in [5, 5.41) is 6.50. The third kappa shape index (κ3) is 3.64. The van der Waals surface area contributed by atoms with Crippen LogP contribution in [0.5, 0.6) is 0 Å². The van der Waals surface area contributed by atoms with E-state index in [4.69, 9.17) is 11.4 Å². The van der Waals surface area contributed by atoms with Gasteiger partial charge in [-0.1, -0.05) is 29.4 Å². The predicted molar refractivity (Wildman–Crippen MR) is 93.8 cm³/mol. The van der Waals surface area contributed by atoms with Crippen molar-refractivity contribution in [3.63, 3.8) is 0 Å². The van der Waals surface area contributed by atoms with Crippen molar-refractivity contribution in [2.45, 2.75) is 0 Å². The Hall–Kier alpha value is -3.26. The van der Waals surface area contributed by atoms with E-state index in [0.717, 1.165) is 10.6 Å². The number of hydrogen-bond donors (Lipinski definition) is 1. The van der Waals surface area contributed by atoms with E-state index in [9.17, 15) is 9.18 Å². The maximum Gasteiger partial charge on any atom is 0.274 e. The summed E-state index contributed by atoms with van der Waals surface area (Å²) < 4.78 is 12.9. The van der Waals surface area contributed by atoms with Crippen LogP contribution in [0.1, 0.15) is 10.4 Å². The summed E-state index contributed by atoms with van der Waals surface area (Å²) in [4.78, 5) is 19.4. The molecule has 0 radical (unpaired) electrons. The van der Waals surface area contributed by atoms with Crippen LogP contribution in [-0.2, 0) is 0 Å². The predicted octanol–water partition coefficient (Wildman–Crippen LogP) is 4.41. The Labute approximate surface area is 145 Å². The number of benzene rings is 2. The Morgan fingerprint density at radius 3 is 2.52 bits per heavy atom. The van der Waals surface area contributed by atoms with Gasteiger partial charge >= 0.3 is 0 Å². The van der Waals surface area contributed by atoms with Crippen LogP contribution >= 0.6 is 11.3 Å². The van der Waals surface area contributed by atoms with E-state index in [1.54, 1.807) is 29.6 Å². The fourth-order valence-corrected chi connectivity index (χ4v) is 2.83. The number of halogens is 1. The highest BCUT2D eigenvalue weighted by atomic mass is 32.1. The minimum Gasteiger partial charge on any atom is -0.267 e. The molecule has 25 heavy (non-hydrogen) atoms. The first kappa shape index (κ1) is 16.6. The molecule has 0 bridgehead atoms. The van der Waals surface area contributed by atoms with E-state index in [1.807, 2.05) is 0 Å². The molecule has 2 aromatic carbocycles. The van der Waals surface area contributed by atoms with Crippen molar-refractivity contribution in [2.75, 3.05) is 5.01 Å². The van der Waals surface area contributed by atoms with Gasteiger partial charge in [0.1, 0.15) is 5.82 Å². The summed E-state index contributed by atoms with van der Waals surface area (Å²) in [5.41, 5.74) is 10.6. The van der Waals surface area contributed by atoms with Crippen LogP contribution in [0, 0.1) is 5.82 Å². The number of carbonyl (C=O) groups is 1. The molecule has 3 rings (SSSR count). The molecule has 0 saturated heterocycles. The van der Waals surface area contributed by atoms with Crippen molar-refractivity contribution in [1.82, 2.24) is 4.98 Å². The molecule has 0 atom stereocenters. The van der Waals surface area contributed by atoms with Crippen LogP contribution in [0.3, 0.4) is 0 Å². The van der Waals surface area contributed by atoms with Crippen molar-refractivity contribution in [3.05, 3.63) is 75.7 Å². The average molecular weight is 354 g/mol. The van der Waals surface area contributed by atoms with E-state index in [-0.39, 0.29) is 5.56 Å². The molecule has 7 nitrogen and oxygen atoms in total. The highest BCUT2D eigenvalue weighted by Crippen LogP contribution is 2.28. The molecule has 0 saturated carbocycles. The lowest BCUT2D eigenvalue weighted by Crippen LogP contribution is -2.37. The lowest BCUT2D eigenvalue weighted by atomic mass is 10.1. The molecule has 0 spiro atoms. The number of nitrogens with two attached hydrogens (primary N) is 1. The number of hydrogen-bond acceptors (Lipinski definition) is 5. The van der Waals surface area contributed by atoms with Crippen LogP contribution in [0.25, 0.3) is 21.7 Å². The Bertz CT molecular complexity index is 948. The molecule has 0 aliphatic carbocycles. The molecule has 0 aliphatic heterocycles. The molecule has 124 valence electrons. The molecule has 2 N–H and O–H groups in total. The molecule has 0 aliphatic rings. The van der Waals surface area contributed by atoms with Gasteiger partial charge in [-0.2, -0.15) is 0 Å². The number of rotatable bonds is 4. The molecular formula is C16H11FN6OS. The first-order chi connectivity index (χ1) is 12.1. The van der Waals surface area contributed by atoms with E-state index in [1.165, 1.54) is 35.6 Å². The minimum atomic E-state index is -0.486. The smallest absolute Gasteiger partial charge is 0.267 e. The van der Waals surface area contributed by atoms with E-state index in [2.05, 4.69) is 15.0 Å². The Kier molecular flexibility index (Phi) is 4.71. The van der Waals surface area contributed by atoms with Crippen LogP contribution in [0.4, 0.5) is 15.2 Å². The Morgan fingerprint density at radius 2 is 1.88 bits per heavy atom.